The molecule has 0 bridgehead atoms. The van der Waals surface area contributed by atoms with Crippen LogP contribution in [0.2, 0.25) is 0 Å². The number of alkyl carbamates (subject to hydrolysis) is 1. The van der Waals surface area contributed by atoms with Gasteiger partial charge in [-0.15, -0.1) is 0 Å². The van der Waals surface area contributed by atoms with Gasteiger partial charge in [-0.2, -0.15) is 0 Å². The fraction of sp³-hybridized carbons (Fsp3) is 0.556. The van der Waals surface area contributed by atoms with Crippen LogP contribution in [-0.2, 0) is 18.8 Å². The molecule has 208 valence electrons. The Morgan fingerprint density at radius 2 is 1.90 bits per heavy atom. The van der Waals surface area contributed by atoms with Crippen molar-refractivity contribution in [1.29, 1.82) is 0 Å². The number of hydrogen-bond acceptors (Lipinski definition) is 8. The second-order valence-electron chi connectivity index (χ2n) is 11.6. The van der Waals surface area contributed by atoms with Gasteiger partial charge in [0.15, 0.2) is 5.58 Å². The number of aromatic amines is 1. The number of carbonyl (C=O) groups is 2. The number of imidazole rings is 1. The van der Waals surface area contributed by atoms with Crippen LogP contribution >= 0.6 is 0 Å². The Bertz CT molecular complexity index is 1370. The highest BCUT2D eigenvalue weighted by Gasteiger charge is 2.52. The van der Waals surface area contributed by atoms with Gasteiger partial charge in [-0.05, 0) is 58.0 Å². The van der Waals surface area contributed by atoms with Gasteiger partial charge in [-0.1, -0.05) is 25.1 Å². The fourth-order valence-electron chi connectivity index (χ4n) is 5.20. The number of H-pyrrole nitrogens is 1. The number of ether oxygens (including phenoxy) is 1. The zero-order chi connectivity index (χ0) is 28.1. The third kappa shape index (κ3) is 4.80. The maximum Gasteiger partial charge on any atom is 0.495 e. The van der Waals surface area contributed by atoms with E-state index in [0.29, 0.717) is 18.0 Å². The molecule has 0 radical (unpaired) electrons. The highest BCUT2D eigenvalue weighted by atomic mass is 16.7. The van der Waals surface area contributed by atoms with Crippen LogP contribution in [-0.4, -0.2) is 70.0 Å². The molecule has 2 aliphatic heterocycles. The molecule has 1 unspecified atom stereocenters. The maximum atomic E-state index is 13.5. The molecule has 2 saturated heterocycles. The molecule has 3 aromatic rings. The van der Waals surface area contributed by atoms with Gasteiger partial charge >= 0.3 is 13.2 Å². The monoisotopic (exact) mass is 537 g/mol. The van der Waals surface area contributed by atoms with Gasteiger partial charge in [0.05, 0.1) is 42.4 Å². The molecule has 2 amide bonds. The first-order chi connectivity index (χ1) is 18.4. The average Bonchev–Trinajstić information content (AvgIpc) is 3.66. The SMILES string of the molecule is COC(=O)N[C@H](C(=O)N1CCCC1c1ncc(-c2ccc(B3OC(C)(C)C(C)(C)O3)c3cnoc23)[nH]1)C(C)C. The molecule has 2 atom stereocenters. The largest absolute Gasteiger partial charge is 0.495 e. The van der Waals surface area contributed by atoms with Crippen molar-refractivity contribution in [1.82, 2.24) is 25.3 Å². The third-order valence-corrected chi connectivity index (χ3v) is 8.19. The summed E-state index contributed by atoms with van der Waals surface area (Å²) in [6, 6.07) is 2.98. The first-order valence-electron chi connectivity index (χ1n) is 13.4. The topological polar surface area (TPSA) is 132 Å². The predicted molar refractivity (Wildman–Crippen MR) is 145 cm³/mol. The van der Waals surface area contributed by atoms with E-state index in [0.717, 1.165) is 34.9 Å². The second-order valence-corrected chi connectivity index (χ2v) is 11.6. The molecular weight excluding hydrogens is 501 g/mol. The van der Waals surface area contributed by atoms with Crippen LogP contribution in [0, 0.1) is 5.92 Å². The molecule has 0 saturated carbocycles. The minimum absolute atomic E-state index is 0.104. The number of rotatable bonds is 6. The Kier molecular flexibility index (Phi) is 6.96. The van der Waals surface area contributed by atoms with Crippen LogP contribution in [0.1, 0.15) is 66.3 Å². The highest BCUT2D eigenvalue weighted by molar-refractivity contribution is 6.65. The van der Waals surface area contributed by atoms with Crippen molar-refractivity contribution >= 4 is 35.6 Å². The van der Waals surface area contributed by atoms with Crippen LogP contribution in [0.25, 0.3) is 22.2 Å². The Hall–Kier alpha value is -3.38. The smallest absolute Gasteiger partial charge is 0.453 e. The van der Waals surface area contributed by atoms with E-state index in [1.807, 2.05) is 53.7 Å². The maximum absolute atomic E-state index is 13.5. The number of nitrogens with zero attached hydrogens (tertiary/aromatic N) is 3. The van der Waals surface area contributed by atoms with Gasteiger partial charge in [-0.3, -0.25) is 4.79 Å². The normalized spacial score (nSPS) is 21.1. The van der Waals surface area contributed by atoms with Crippen molar-refractivity contribution in [3.8, 4) is 11.3 Å². The number of aromatic nitrogens is 3. The van der Waals surface area contributed by atoms with Crippen molar-refractivity contribution < 1.29 is 28.2 Å². The number of benzene rings is 1. The lowest BCUT2D eigenvalue weighted by atomic mass is 9.76. The summed E-state index contributed by atoms with van der Waals surface area (Å²) in [7, 11) is 0.738. The van der Waals surface area contributed by atoms with Crippen LogP contribution < -0.4 is 10.8 Å². The van der Waals surface area contributed by atoms with E-state index < -0.39 is 30.5 Å². The van der Waals surface area contributed by atoms with E-state index in [-0.39, 0.29) is 17.9 Å². The van der Waals surface area contributed by atoms with E-state index in [1.54, 1.807) is 17.3 Å². The second kappa shape index (κ2) is 9.98. The molecule has 2 aromatic heterocycles. The van der Waals surface area contributed by atoms with Crippen molar-refractivity contribution in [3.05, 3.63) is 30.4 Å². The van der Waals surface area contributed by atoms with Crippen LogP contribution in [0.4, 0.5) is 4.79 Å². The zero-order valence-electron chi connectivity index (χ0n) is 23.5. The molecule has 0 aliphatic carbocycles. The summed E-state index contributed by atoms with van der Waals surface area (Å²) in [6.07, 6.45) is 4.39. The molecule has 1 aromatic carbocycles. The first-order valence-corrected chi connectivity index (χ1v) is 13.4. The van der Waals surface area contributed by atoms with Crippen molar-refractivity contribution in [2.45, 2.75) is 77.7 Å². The van der Waals surface area contributed by atoms with E-state index in [2.05, 4.69) is 20.4 Å². The van der Waals surface area contributed by atoms with Crippen molar-refractivity contribution in [2.75, 3.05) is 13.7 Å². The summed E-state index contributed by atoms with van der Waals surface area (Å²) in [4.78, 5) is 35.2. The van der Waals surface area contributed by atoms with E-state index in [1.165, 1.54) is 7.11 Å². The van der Waals surface area contributed by atoms with Gasteiger partial charge in [0, 0.05) is 17.5 Å². The summed E-state index contributed by atoms with van der Waals surface area (Å²) in [5, 5.41) is 7.54. The molecule has 39 heavy (non-hydrogen) atoms. The fourth-order valence-corrected chi connectivity index (χ4v) is 5.20. The minimum atomic E-state index is -0.691. The molecule has 2 N–H and O–H groups in total. The Labute approximate surface area is 228 Å². The lowest BCUT2D eigenvalue weighted by Crippen LogP contribution is -2.51. The van der Waals surface area contributed by atoms with Crippen LogP contribution in [0.5, 0.6) is 0 Å². The number of amides is 2. The van der Waals surface area contributed by atoms with Gasteiger partial charge in [-0.25, -0.2) is 9.78 Å². The highest BCUT2D eigenvalue weighted by Crippen LogP contribution is 2.38. The lowest BCUT2D eigenvalue weighted by Gasteiger charge is -2.32. The zero-order valence-corrected chi connectivity index (χ0v) is 23.5. The van der Waals surface area contributed by atoms with Gasteiger partial charge in [0.25, 0.3) is 0 Å². The summed E-state index contributed by atoms with van der Waals surface area (Å²) >= 11 is 0. The predicted octanol–water partition coefficient (Wildman–Crippen LogP) is 3.56. The Balaban J connectivity index is 1.41. The third-order valence-electron chi connectivity index (χ3n) is 8.19. The molecule has 4 heterocycles. The Morgan fingerprint density at radius 1 is 1.18 bits per heavy atom. The van der Waals surface area contributed by atoms with E-state index >= 15 is 0 Å². The van der Waals surface area contributed by atoms with E-state index in [9.17, 15) is 9.59 Å². The van der Waals surface area contributed by atoms with Gasteiger partial charge in [0.1, 0.15) is 11.9 Å². The molecule has 11 nitrogen and oxygen atoms in total. The summed E-state index contributed by atoms with van der Waals surface area (Å²) in [5.41, 5.74) is 2.05. The summed E-state index contributed by atoms with van der Waals surface area (Å²) in [5.74, 6) is 0.423. The van der Waals surface area contributed by atoms with Gasteiger partial charge < -0.3 is 33.8 Å². The number of methoxy groups -OCH3 is 1. The van der Waals surface area contributed by atoms with Crippen LogP contribution in [0.15, 0.2) is 29.0 Å². The minimum Gasteiger partial charge on any atom is -0.453 e. The molecule has 5 rings (SSSR count). The molecule has 2 fully saturated rings. The summed E-state index contributed by atoms with van der Waals surface area (Å²) in [6.45, 7) is 12.4. The Morgan fingerprint density at radius 3 is 2.56 bits per heavy atom. The molecule has 2 aliphatic rings. The molecule has 12 heteroatoms. The van der Waals surface area contributed by atoms with E-state index in [4.69, 9.17) is 18.6 Å². The standard InChI is InChI=1S/C27H36BN5O6/c1-15(2)21(32-25(35)36-7)24(34)33-12-8-9-20(33)23-29-14-19(31-23)16-10-11-18(17-13-30-37-22(16)17)28-38-26(3,4)27(5,6)39-28/h10-11,13-15,20-21H,8-9,12H2,1-7H3,(H,29,31)(H,32,35)/t20?,21-/m0/s1. The molecular formula is C27H36BN5O6. The lowest BCUT2D eigenvalue weighted by molar-refractivity contribution is -0.135. The van der Waals surface area contributed by atoms with Crippen molar-refractivity contribution in [3.63, 3.8) is 0 Å². The number of fused-ring (bicyclic) bond motifs is 1. The molecule has 0 spiro atoms. The quantitative estimate of drug-likeness (QED) is 0.457. The number of carbonyl (C=O) groups excluding carboxylic acids is 2. The average molecular weight is 537 g/mol. The van der Waals surface area contributed by atoms with Crippen molar-refractivity contribution in [2.24, 2.45) is 5.92 Å². The first kappa shape index (κ1) is 27.2. The number of nitrogens with one attached hydrogen (secondary N) is 2. The van der Waals surface area contributed by atoms with Crippen LogP contribution in [0.3, 0.4) is 0 Å². The number of hydrogen-bond donors (Lipinski definition) is 2. The van der Waals surface area contributed by atoms with Gasteiger partial charge in [0.2, 0.25) is 5.91 Å². The summed E-state index contributed by atoms with van der Waals surface area (Å²) < 4.78 is 22.9. The number of likely N-dealkylation sites (tertiary alicyclic amines) is 1.